The van der Waals surface area contributed by atoms with E-state index in [1.165, 1.54) is 6.42 Å². The van der Waals surface area contributed by atoms with Gasteiger partial charge in [0.05, 0.1) is 6.10 Å². The van der Waals surface area contributed by atoms with E-state index in [0.29, 0.717) is 6.54 Å². The van der Waals surface area contributed by atoms with Crippen molar-refractivity contribution in [1.29, 1.82) is 0 Å². The van der Waals surface area contributed by atoms with E-state index in [2.05, 4.69) is 0 Å². The number of piperidine rings is 1. The lowest BCUT2D eigenvalue weighted by Gasteiger charge is -2.35. The largest absolute Gasteiger partial charge is 0.369 e. The quantitative estimate of drug-likeness (QED) is 0.751. The third-order valence-electron chi connectivity index (χ3n) is 2.76. The Bertz CT molecular complexity index is 207. The smallest absolute Gasteiger partial charge is 0.248 e. The minimum absolute atomic E-state index is 0.0823. The summed E-state index contributed by atoms with van der Waals surface area (Å²) in [5, 5.41) is 0. The van der Waals surface area contributed by atoms with Gasteiger partial charge in [-0.25, -0.2) is 0 Å². The molecule has 1 unspecified atom stereocenters. The number of hydrogen-bond donors (Lipinski definition) is 1. The van der Waals surface area contributed by atoms with E-state index in [1.807, 2.05) is 18.7 Å². The van der Waals surface area contributed by atoms with Gasteiger partial charge < -0.3 is 15.4 Å². The number of ether oxygens (including phenoxy) is 1. The van der Waals surface area contributed by atoms with Crippen molar-refractivity contribution in [2.75, 3.05) is 19.7 Å². The molecule has 0 aromatic heterocycles. The Morgan fingerprint density at radius 3 is 2.87 bits per heavy atom. The Balaban J connectivity index is 2.41. The van der Waals surface area contributed by atoms with Crippen LogP contribution in [-0.2, 0) is 9.53 Å². The molecule has 1 rings (SSSR count). The summed E-state index contributed by atoms with van der Waals surface area (Å²) in [6.45, 7) is 5.46. The molecule has 1 amide bonds. The lowest BCUT2D eigenvalue weighted by atomic mass is 10.0. The maximum absolute atomic E-state index is 11.8. The summed E-state index contributed by atoms with van der Waals surface area (Å²) in [6.07, 6.45) is 3.40. The minimum atomic E-state index is 0.0823. The maximum Gasteiger partial charge on any atom is 0.248 e. The van der Waals surface area contributed by atoms with E-state index in [1.54, 1.807) is 0 Å². The highest BCUT2D eigenvalue weighted by Gasteiger charge is 2.25. The number of amides is 1. The summed E-state index contributed by atoms with van der Waals surface area (Å²) < 4.78 is 5.32. The molecule has 4 nitrogen and oxygen atoms in total. The third kappa shape index (κ3) is 3.80. The standard InChI is InChI=1S/C11H22N2O2/c1-9(2)15-8-11(14)13-6-4-3-5-10(13)7-12/h9-10H,3-8,12H2,1-2H3. The van der Waals surface area contributed by atoms with Crippen LogP contribution in [0.1, 0.15) is 33.1 Å². The number of hydrogen-bond acceptors (Lipinski definition) is 3. The van der Waals surface area contributed by atoms with Crippen molar-refractivity contribution in [2.24, 2.45) is 5.73 Å². The van der Waals surface area contributed by atoms with Gasteiger partial charge in [0.1, 0.15) is 6.61 Å². The second-order valence-electron chi connectivity index (χ2n) is 4.33. The van der Waals surface area contributed by atoms with Gasteiger partial charge in [0.15, 0.2) is 0 Å². The first-order valence-electron chi connectivity index (χ1n) is 5.76. The SMILES string of the molecule is CC(C)OCC(=O)N1CCCCC1CN. The van der Waals surface area contributed by atoms with Crippen molar-refractivity contribution in [1.82, 2.24) is 4.90 Å². The predicted molar refractivity (Wildman–Crippen MR) is 59.5 cm³/mol. The molecule has 1 atom stereocenters. The van der Waals surface area contributed by atoms with Gasteiger partial charge in [-0.3, -0.25) is 4.79 Å². The highest BCUT2D eigenvalue weighted by Crippen LogP contribution is 2.16. The van der Waals surface area contributed by atoms with Crippen LogP contribution in [0.3, 0.4) is 0 Å². The first kappa shape index (κ1) is 12.5. The average molecular weight is 214 g/mol. The molecular formula is C11H22N2O2. The van der Waals surface area contributed by atoms with Crippen molar-refractivity contribution in [3.05, 3.63) is 0 Å². The predicted octanol–water partition coefficient (Wildman–Crippen LogP) is 0.751. The van der Waals surface area contributed by atoms with Crippen LogP contribution in [0.25, 0.3) is 0 Å². The Morgan fingerprint density at radius 2 is 2.27 bits per heavy atom. The highest BCUT2D eigenvalue weighted by molar-refractivity contribution is 5.77. The van der Waals surface area contributed by atoms with Crippen molar-refractivity contribution in [2.45, 2.75) is 45.3 Å². The van der Waals surface area contributed by atoms with Crippen LogP contribution < -0.4 is 5.73 Å². The van der Waals surface area contributed by atoms with Crippen molar-refractivity contribution in [3.63, 3.8) is 0 Å². The minimum Gasteiger partial charge on any atom is -0.369 e. The summed E-state index contributed by atoms with van der Waals surface area (Å²) >= 11 is 0. The number of carbonyl (C=O) groups excluding carboxylic acids is 1. The number of likely N-dealkylation sites (tertiary alicyclic amines) is 1. The second-order valence-corrected chi connectivity index (χ2v) is 4.33. The van der Waals surface area contributed by atoms with Crippen LogP contribution in [0, 0.1) is 0 Å². The molecule has 1 aliphatic rings. The molecule has 0 saturated carbocycles. The summed E-state index contributed by atoms with van der Waals surface area (Å²) in [5.74, 6) is 0.0823. The molecule has 1 saturated heterocycles. The van der Waals surface area contributed by atoms with Crippen LogP contribution >= 0.6 is 0 Å². The van der Waals surface area contributed by atoms with Gasteiger partial charge in [0, 0.05) is 19.1 Å². The van der Waals surface area contributed by atoms with Gasteiger partial charge in [-0.15, -0.1) is 0 Å². The first-order valence-corrected chi connectivity index (χ1v) is 5.76. The zero-order valence-corrected chi connectivity index (χ0v) is 9.74. The van der Waals surface area contributed by atoms with Crippen molar-refractivity contribution >= 4 is 5.91 Å². The van der Waals surface area contributed by atoms with Crippen LogP contribution in [0.5, 0.6) is 0 Å². The molecule has 2 N–H and O–H groups in total. The number of carbonyl (C=O) groups is 1. The fourth-order valence-corrected chi connectivity index (χ4v) is 1.89. The molecule has 1 aliphatic heterocycles. The Morgan fingerprint density at radius 1 is 1.53 bits per heavy atom. The van der Waals surface area contributed by atoms with Gasteiger partial charge in [-0.1, -0.05) is 0 Å². The molecular weight excluding hydrogens is 192 g/mol. The van der Waals surface area contributed by atoms with Gasteiger partial charge >= 0.3 is 0 Å². The molecule has 0 aromatic rings. The van der Waals surface area contributed by atoms with E-state index in [9.17, 15) is 4.79 Å². The normalized spacial score (nSPS) is 22.1. The monoisotopic (exact) mass is 214 g/mol. The summed E-state index contributed by atoms with van der Waals surface area (Å²) in [6, 6.07) is 0.224. The van der Waals surface area contributed by atoms with Crippen molar-refractivity contribution in [3.8, 4) is 0 Å². The highest BCUT2D eigenvalue weighted by atomic mass is 16.5. The van der Waals surface area contributed by atoms with Crippen LogP contribution in [0.15, 0.2) is 0 Å². The molecule has 1 fully saturated rings. The molecule has 15 heavy (non-hydrogen) atoms. The second kappa shape index (κ2) is 6.08. The maximum atomic E-state index is 11.8. The summed E-state index contributed by atoms with van der Waals surface area (Å²) in [4.78, 5) is 13.7. The lowest BCUT2D eigenvalue weighted by molar-refractivity contribution is -0.141. The zero-order valence-electron chi connectivity index (χ0n) is 9.74. The van der Waals surface area contributed by atoms with Crippen molar-refractivity contribution < 1.29 is 9.53 Å². The van der Waals surface area contributed by atoms with E-state index in [0.717, 1.165) is 19.4 Å². The number of nitrogens with two attached hydrogens (primary N) is 1. The molecule has 0 aliphatic carbocycles. The summed E-state index contributed by atoms with van der Waals surface area (Å²) in [7, 11) is 0. The van der Waals surface area contributed by atoms with E-state index < -0.39 is 0 Å². The van der Waals surface area contributed by atoms with Gasteiger partial charge in [-0.05, 0) is 33.1 Å². The molecule has 0 radical (unpaired) electrons. The van der Waals surface area contributed by atoms with Gasteiger partial charge in [-0.2, -0.15) is 0 Å². The fraction of sp³-hybridized carbons (Fsp3) is 0.909. The average Bonchev–Trinajstić information content (AvgIpc) is 2.25. The number of rotatable bonds is 4. The zero-order chi connectivity index (χ0) is 11.3. The Hall–Kier alpha value is -0.610. The third-order valence-corrected chi connectivity index (χ3v) is 2.76. The van der Waals surface area contributed by atoms with Gasteiger partial charge in [0.25, 0.3) is 0 Å². The molecule has 1 heterocycles. The van der Waals surface area contributed by atoms with Gasteiger partial charge in [0.2, 0.25) is 5.91 Å². The van der Waals surface area contributed by atoms with E-state index >= 15 is 0 Å². The first-order chi connectivity index (χ1) is 7.15. The molecule has 0 spiro atoms. The Labute approximate surface area is 91.8 Å². The Kier molecular flexibility index (Phi) is 5.05. The number of nitrogens with zero attached hydrogens (tertiary/aromatic N) is 1. The molecule has 0 bridgehead atoms. The molecule has 4 heteroatoms. The topological polar surface area (TPSA) is 55.6 Å². The van der Waals surface area contributed by atoms with E-state index in [-0.39, 0.29) is 24.7 Å². The van der Waals surface area contributed by atoms with Crippen LogP contribution in [0.4, 0.5) is 0 Å². The molecule has 0 aromatic carbocycles. The lowest BCUT2D eigenvalue weighted by Crippen LogP contribution is -2.48. The van der Waals surface area contributed by atoms with E-state index in [4.69, 9.17) is 10.5 Å². The molecule has 88 valence electrons. The summed E-state index contributed by atoms with van der Waals surface area (Å²) in [5.41, 5.74) is 5.65. The fourth-order valence-electron chi connectivity index (χ4n) is 1.89. The van der Waals surface area contributed by atoms with Crippen LogP contribution in [-0.4, -0.2) is 42.6 Å². The van der Waals surface area contributed by atoms with Crippen LogP contribution in [0.2, 0.25) is 0 Å².